The van der Waals surface area contributed by atoms with Crippen LogP contribution >= 0.6 is 0 Å². The summed E-state index contributed by atoms with van der Waals surface area (Å²) in [6, 6.07) is 0. The van der Waals surface area contributed by atoms with Crippen molar-refractivity contribution in [3.63, 3.8) is 0 Å². The molecular formula is C13H21NO2. The molecule has 0 saturated heterocycles. The fraction of sp³-hybridized carbons (Fsp3) is 0.769. The van der Waals surface area contributed by atoms with Gasteiger partial charge >= 0.3 is 0 Å². The zero-order chi connectivity index (χ0) is 11.5. The fourth-order valence-corrected chi connectivity index (χ4v) is 2.57. The molecule has 0 aromatic heterocycles. The summed E-state index contributed by atoms with van der Waals surface area (Å²) >= 11 is 0. The van der Waals surface area contributed by atoms with Crippen molar-refractivity contribution in [1.29, 1.82) is 0 Å². The van der Waals surface area contributed by atoms with Crippen molar-refractivity contribution in [3.8, 4) is 0 Å². The van der Waals surface area contributed by atoms with Crippen molar-refractivity contribution in [3.05, 3.63) is 12.2 Å². The fourth-order valence-electron chi connectivity index (χ4n) is 2.57. The van der Waals surface area contributed by atoms with Gasteiger partial charge in [0.2, 0.25) is 5.91 Å². The topological polar surface area (TPSA) is 38.3 Å². The molecule has 2 fully saturated rings. The van der Waals surface area contributed by atoms with E-state index in [9.17, 15) is 4.79 Å². The van der Waals surface area contributed by atoms with E-state index in [0.29, 0.717) is 19.8 Å². The highest BCUT2D eigenvalue weighted by Gasteiger charge is 2.47. The molecule has 2 saturated carbocycles. The lowest BCUT2D eigenvalue weighted by molar-refractivity contribution is -0.125. The number of rotatable bonds is 6. The third kappa shape index (κ3) is 3.08. The average Bonchev–Trinajstić information content (AvgIpc) is 2.84. The highest BCUT2D eigenvalue weighted by atomic mass is 16.5. The quantitative estimate of drug-likeness (QED) is 0.550. The van der Waals surface area contributed by atoms with Crippen LogP contribution in [0.1, 0.15) is 26.2 Å². The first kappa shape index (κ1) is 11.6. The summed E-state index contributed by atoms with van der Waals surface area (Å²) in [7, 11) is 0. The number of hydrogen-bond donors (Lipinski definition) is 1. The van der Waals surface area contributed by atoms with Gasteiger partial charge in [0.05, 0.1) is 13.2 Å². The van der Waals surface area contributed by atoms with Crippen LogP contribution in [-0.4, -0.2) is 25.7 Å². The molecule has 2 unspecified atom stereocenters. The maximum absolute atomic E-state index is 11.7. The van der Waals surface area contributed by atoms with Gasteiger partial charge in [-0.2, -0.15) is 0 Å². The van der Waals surface area contributed by atoms with Crippen molar-refractivity contribution >= 4 is 5.91 Å². The van der Waals surface area contributed by atoms with Crippen molar-refractivity contribution in [2.24, 2.45) is 17.8 Å². The van der Waals surface area contributed by atoms with Gasteiger partial charge in [0, 0.05) is 12.5 Å². The Bertz CT molecular complexity index is 278. The Balaban J connectivity index is 1.52. The van der Waals surface area contributed by atoms with Crippen molar-refractivity contribution < 1.29 is 9.53 Å². The molecule has 16 heavy (non-hydrogen) atoms. The average molecular weight is 223 g/mol. The molecule has 3 nitrogen and oxygen atoms in total. The first-order chi connectivity index (χ1) is 7.66. The Morgan fingerprint density at radius 1 is 1.38 bits per heavy atom. The lowest BCUT2D eigenvalue weighted by Gasteiger charge is -2.12. The van der Waals surface area contributed by atoms with E-state index < -0.39 is 0 Å². The van der Waals surface area contributed by atoms with Crippen molar-refractivity contribution in [2.75, 3.05) is 19.8 Å². The van der Waals surface area contributed by atoms with Gasteiger partial charge in [0.25, 0.3) is 0 Å². The van der Waals surface area contributed by atoms with E-state index in [-0.39, 0.29) is 11.8 Å². The lowest BCUT2D eigenvalue weighted by Crippen LogP contribution is -2.32. The molecule has 0 spiro atoms. The predicted molar refractivity (Wildman–Crippen MR) is 63.0 cm³/mol. The van der Waals surface area contributed by atoms with Crippen LogP contribution in [0.4, 0.5) is 0 Å². The monoisotopic (exact) mass is 223 g/mol. The molecule has 90 valence electrons. The molecule has 1 N–H and O–H groups in total. The molecule has 1 amide bonds. The van der Waals surface area contributed by atoms with Gasteiger partial charge in [-0.25, -0.2) is 0 Å². The Morgan fingerprint density at radius 3 is 2.69 bits per heavy atom. The molecule has 0 bridgehead atoms. The van der Waals surface area contributed by atoms with E-state index in [0.717, 1.165) is 30.3 Å². The molecule has 2 aliphatic rings. The summed E-state index contributed by atoms with van der Waals surface area (Å²) in [4.78, 5) is 11.7. The van der Waals surface area contributed by atoms with E-state index in [4.69, 9.17) is 4.74 Å². The number of amides is 1. The second kappa shape index (κ2) is 5.00. The molecule has 0 radical (unpaired) electrons. The summed E-state index contributed by atoms with van der Waals surface area (Å²) in [5.74, 6) is 2.25. The molecule has 2 atom stereocenters. The van der Waals surface area contributed by atoms with Gasteiger partial charge in [-0.3, -0.25) is 4.79 Å². The van der Waals surface area contributed by atoms with Crippen molar-refractivity contribution in [1.82, 2.24) is 5.32 Å². The van der Waals surface area contributed by atoms with E-state index in [1.54, 1.807) is 0 Å². The maximum atomic E-state index is 11.7. The molecule has 0 aromatic carbocycles. The zero-order valence-corrected chi connectivity index (χ0v) is 10.00. The highest BCUT2D eigenvalue weighted by Crippen LogP contribution is 2.54. The summed E-state index contributed by atoms with van der Waals surface area (Å²) < 4.78 is 5.32. The van der Waals surface area contributed by atoms with Crippen LogP contribution in [0.5, 0.6) is 0 Å². The molecule has 2 rings (SSSR count). The van der Waals surface area contributed by atoms with Crippen LogP contribution in [0.15, 0.2) is 12.2 Å². The van der Waals surface area contributed by atoms with E-state index in [2.05, 4.69) is 11.9 Å². The first-order valence-corrected chi connectivity index (χ1v) is 6.16. The molecular weight excluding hydrogens is 202 g/mol. The molecule has 0 aromatic rings. The third-order valence-electron chi connectivity index (χ3n) is 3.51. The van der Waals surface area contributed by atoms with E-state index in [1.165, 1.54) is 6.42 Å². The number of carbonyl (C=O) groups excluding carboxylic acids is 1. The van der Waals surface area contributed by atoms with E-state index in [1.807, 2.05) is 6.92 Å². The van der Waals surface area contributed by atoms with Gasteiger partial charge in [-0.1, -0.05) is 12.2 Å². The van der Waals surface area contributed by atoms with E-state index >= 15 is 0 Å². The number of nitrogens with one attached hydrogen (secondary N) is 1. The smallest absolute Gasteiger partial charge is 0.223 e. The number of hydrogen-bond acceptors (Lipinski definition) is 2. The summed E-state index contributed by atoms with van der Waals surface area (Å²) in [6.07, 6.45) is 3.59. The second-order valence-electron chi connectivity index (χ2n) is 5.22. The van der Waals surface area contributed by atoms with Crippen LogP contribution in [0, 0.1) is 17.8 Å². The van der Waals surface area contributed by atoms with Crippen LogP contribution in [-0.2, 0) is 9.53 Å². The van der Waals surface area contributed by atoms with Crippen LogP contribution < -0.4 is 5.32 Å². The lowest BCUT2D eigenvalue weighted by atomic mass is 10.0. The Kier molecular flexibility index (Phi) is 3.64. The van der Waals surface area contributed by atoms with Gasteiger partial charge in [-0.05, 0) is 38.0 Å². The van der Waals surface area contributed by atoms with Crippen molar-refractivity contribution in [2.45, 2.75) is 26.2 Å². The maximum Gasteiger partial charge on any atom is 0.223 e. The zero-order valence-electron chi connectivity index (χ0n) is 10.00. The van der Waals surface area contributed by atoms with Gasteiger partial charge in [0.1, 0.15) is 0 Å². The standard InChI is InChI=1S/C13H21NO2/c1-9(2)8-16-4-3-14-13(15)12-6-10-5-11(10)7-12/h10-12H,1,3-8H2,2H3,(H,14,15). The van der Waals surface area contributed by atoms with Gasteiger partial charge in [0.15, 0.2) is 0 Å². The minimum absolute atomic E-state index is 0.228. The van der Waals surface area contributed by atoms with Gasteiger partial charge < -0.3 is 10.1 Å². The number of fused-ring (bicyclic) bond motifs is 1. The van der Waals surface area contributed by atoms with Crippen LogP contribution in [0.25, 0.3) is 0 Å². The molecule has 0 heterocycles. The Hall–Kier alpha value is -0.830. The third-order valence-corrected chi connectivity index (χ3v) is 3.51. The number of carbonyl (C=O) groups is 1. The predicted octanol–water partition coefficient (Wildman–Crippen LogP) is 1.74. The number of ether oxygens (including phenoxy) is 1. The van der Waals surface area contributed by atoms with Crippen LogP contribution in [0.3, 0.4) is 0 Å². The minimum Gasteiger partial charge on any atom is -0.375 e. The second-order valence-corrected chi connectivity index (χ2v) is 5.22. The normalized spacial score (nSPS) is 30.9. The molecule has 0 aliphatic heterocycles. The summed E-state index contributed by atoms with van der Waals surface area (Å²) in [5.41, 5.74) is 1.02. The molecule has 2 aliphatic carbocycles. The van der Waals surface area contributed by atoms with Crippen LogP contribution in [0.2, 0.25) is 0 Å². The Labute approximate surface area is 97.2 Å². The minimum atomic E-state index is 0.228. The first-order valence-electron chi connectivity index (χ1n) is 6.16. The SMILES string of the molecule is C=C(C)COCCNC(=O)C1CC2CC2C1. The van der Waals surface area contributed by atoms with Gasteiger partial charge in [-0.15, -0.1) is 0 Å². The Morgan fingerprint density at radius 2 is 2.06 bits per heavy atom. The molecule has 3 heteroatoms. The summed E-state index contributed by atoms with van der Waals surface area (Å²) in [6.45, 7) is 7.48. The largest absolute Gasteiger partial charge is 0.375 e. The highest BCUT2D eigenvalue weighted by molar-refractivity contribution is 5.79. The summed E-state index contributed by atoms with van der Waals surface area (Å²) in [5, 5.41) is 2.95.